The first-order chi connectivity index (χ1) is 7.01. The largest absolute Gasteiger partial charge is 0.375 e. The quantitative estimate of drug-likeness (QED) is 0.637. The van der Waals surface area contributed by atoms with Gasteiger partial charge in [0, 0.05) is 20.2 Å². The molecule has 1 spiro atoms. The van der Waals surface area contributed by atoms with E-state index in [1.807, 2.05) is 4.90 Å². The molecular weight excluding hydrogens is 194 g/mol. The highest BCUT2D eigenvalue weighted by molar-refractivity contribution is 5.77. The molecule has 2 aliphatic heterocycles. The van der Waals surface area contributed by atoms with E-state index < -0.39 is 0 Å². The van der Waals surface area contributed by atoms with Crippen molar-refractivity contribution in [3.05, 3.63) is 0 Å². The molecule has 0 aromatic heterocycles. The van der Waals surface area contributed by atoms with Crippen LogP contribution in [0.15, 0.2) is 0 Å². The van der Waals surface area contributed by atoms with Gasteiger partial charge in [-0.05, 0) is 26.7 Å². The maximum atomic E-state index is 11.6. The van der Waals surface area contributed by atoms with Crippen molar-refractivity contribution >= 4 is 5.91 Å². The lowest BCUT2D eigenvalue weighted by atomic mass is 9.86. The molecule has 0 radical (unpaired) electrons. The normalized spacial score (nSPS) is 26.7. The van der Waals surface area contributed by atoms with Crippen molar-refractivity contribution in [2.75, 3.05) is 26.8 Å². The van der Waals surface area contributed by atoms with Gasteiger partial charge in [0.15, 0.2) is 0 Å². The third-order valence-corrected chi connectivity index (χ3v) is 3.70. The summed E-state index contributed by atoms with van der Waals surface area (Å²) in [6.45, 7) is 6.04. The summed E-state index contributed by atoms with van der Waals surface area (Å²) in [5.41, 5.74) is 0.0697. The average Bonchev–Trinajstić information content (AvgIpc) is 2.69. The lowest BCUT2D eigenvalue weighted by Gasteiger charge is -2.31. The summed E-state index contributed by atoms with van der Waals surface area (Å²) in [7, 11) is 1.55. The standard InChI is InChI=1S/C11H19NO3/c1-10(2)11(15-10)4-6-12(7-5-11)9(13)8-14-3/h4-8H2,1-3H3. The number of piperidine rings is 1. The molecule has 4 heteroatoms. The van der Waals surface area contributed by atoms with Crippen molar-refractivity contribution in [2.45, 2.75) is 37.9 Å². The Bertz CT molecular complexity index is 267. The van der Waals surface area contributed by atoms with E-state index in [-0.39, 0.29) is 23.7 Å². The molecule has 0 aromatic rings. The second kappa shape index (κ2) is 3.46. The van der Waals surface area contributed by atoms with Crippen LogP contribution < -0.4 is 0 Å². The first-order valence-corrected chi connectivity index (χ1v) is 5.48. The predicted molar refractivity (Wildman–Crippen MR) is 55.6 cm³/mol. The number of nitrogens with zero attached hydrogens (tertiary/aromatic N) is 1. The van der Waals surface area contributed by atoms with Crippen molar-refractivity contribution in [3.8, 4) is 0 Å². The average molecular weight is 213 g/mol. The zero-order valence-corrected chi connectivity index (χ0v) is 9.71. The number of carbonyl (C=O) groups excluding carboxylic acids is 1. The van der Waals surface area contributed by atoms with Crippen LogP contribution in [-0.4, -0.2) is 48.8 Å². The van der Waals surface area contributed by atoms with Crippen LogP contribution in [-0.2, 0) is 14.3 Å². The maximum Gasteiger partial charge on any atom is 0.248 e. The molecule has 4 nitrogen and oxygen atoms in total. The molecule has 2 rings (SSSR count). The van der Waals surface area contributed by atoms with Crippen LogP contribution in [0.2, 0.25) is 0 Å². The van der Waals surface area contributed by atoms with Crippen molar-refractivity contribution in [3.63, 3.8) is 0 Å². The smallest absolute Gasteiger partial charge is 0.248 e. The molecule has 86 valence electrons. The van der Waals surface area contributed by atoms with Gasteiger partial charge < -0.3 is 14.4 Å². The molecule has 0 aliphatic carbocycles. The van der Waals surface area contributed by atoms with Crippen LogP contribution in [0.5, 0.6) is 0 Å². The number of amides is 1. The van der Waals surface area contributed by atoms with Gasteiger partial charge in [-0.25, -0.2) is 0 Å². The minimum Gasteiger partial charge on any atom is -0.375 e. The Morgan fingerprint density at radius 2 is 1.93 bits per heavy atom. The second-order valence-electron chi connectivity index (χ2n) is 4.92. The number of rotatable bonds is 2. The van der Waals surface area contributed by atoms with Gasteiger partial charge in [-0.2, -0.15) is 0 Å². The van der Waals surface area contributed by atoms with Gasteiger partial charge in [-0.15, -0.1) is 0 Å². The maximum absolute atomic E-state index is 11.6. The summed E-state index contributed by atoms with van der Waals surface area (Å²) < 4.78 is 10.6. The summed E-state index contributed by atoms with van der Waals surface area (Å²) in [6.07, 6.45) is 1.91. The van der Waals surface area contributed by atoms with Crippen molar-refractivity contribution in [1.82, 2.24) is 4.90 Å². The summed E-state index contributed by atoms with van der Waals surface area (Å²) >= 11 is 0. The molecular formula is C11H19NO3. The number of likely N-dealkylation sites (tertiary alicyclic amines) is 1. The van der Waals surface area contributed by atoms with E-state index in [0.717, 1.165) is 25.9 Å². The first-order valence-electron chi connectivity index (χ1n) is 5.48. The number of methoxy groups -OCH3 is 1. The third kappa shape index (κ3) is 1.76. The fourth-order valence-electron chi connectivity index (χ4n) is 2.50. The number of hydrogen-bond donors (Lipinski definition) is 0. The molecule has 0 saturated carbocycles. The van der Waals surface area contributed by atoms with Gasteiger partial charge in [-0.3, -0.25) is 4.79 Å². The number of hydrogen-bond acceptors (Lipinski definition) is 3. The van der Waals surface area contributed by atoms with E-state index in [2.05, 4.69) is 13.8 Å². The lowest BCUT2D eigenvalue weighted by molar-refractivity contribution is -0.136. The Labute approximate surface area is 90.5 Å². The Kier molecular flexibility index (Phi) is 2.51. The zero-order chi connectivity index (χ0) is 11.1. The minimum atomic E-state index is 0.0173. The summed E-state index contributed by atoms with van der Waals surface area (Å²) in [6, 6.07) is 0. The zero-order valence-electron chi connectivity index (χ0n) is 9.71. The molecule has 2 fully saturated rings. The first kappa shape index (κ1) is 10.9. The molecule has 0 aromatic carbocycles. The summed E-state index contributed by atoms with van der Waals surface area (Å²) in [5.74, 6) is 0.0887. The lowest BCUT2D eigenvalue weighted by Crippen LogP contribution is -2.44. The molecule has 0 atom stereocenters. The highest BCUT2D eigenvalue weighted by atomic mass is 16.6. The number of ether oxygens (including phenoxy) is 2. The van der Waals surface area contributed by atoms with Crippen LogP contribution in [0.25, 0.3) is 0 Å². The van der Waals surface area contributed by atoms with Crippen molar-refractivity contribution < 1.29 is 14.3 Å². The molecule has 0 N–H and O–H groups in total. The van der Waals surface area contributed by atoms with E-state index in [4.69, 9.17) is 9.47 Å². The molecule has 2 saturated heterocycles. The number of carbonyl (C=O) groups is 1. The SMILES string of the molecule is COCC(=O)N1CCC2(CC1)OC2(C)C. The molecule has 2 aliphatic rings. The highest BCUT2D eigenvalue weighted by Crippen LogP contribution is 2.53. The van der Waals surface area contributed by atoms with Crippen molar-refractivity contribution in [2.24, 2.45) is 0 Å². The molecule has 1 amide bonds. The number of epoxide rings is 1. The van der Waals surface area contributed by atoms with Crippen LogP contribution in [0.4, 0.5) is 0 Å². The van der Waals surface area contributed by atoms with E-state index >= 15 is 0 Å². The van der Waals surface area contributed by atoms with E-state index in [1.54, 1.807) is 7.11 Å². The Hall–Kier alpha value is -0.610. The monoisotopic (exact) mass is 213 g/mol. The molecule has 2 heterocycles. The van der Waals surface area contributed by atoms with Gasteiger partial charge in [0.05, 0.1) is 5.60 Å². The van der Waals surface area contributed by atoms with E-state index in [0.29, 0.717) is 0 Å². The summed E-state index contributed by atoms with van der Waals surface area (Å²) in [4.78, 5) is 13.4. The topological polar surface area (TPSA) is 42.1 Å². The van der Waals surface area contributed by atoms with Gasteiger partial charge in [0.2, 0.25) is 5.91 Å². The van der Waals surface area contributed by atoms with Crippen LogP contribution in [0.1, 0.15) is 26.7 Å². The third-order valence-electron chi connectivity index (χ3n) is 3.70. The van der Waals surface area contributed by atoms with Crippen molar-refractivity contribution in [1.29, 1.82) is 0 Å². The van der Waals surface area contributed by atoms with E-state index in [9.17, 15) is 4.79 Å². The predicted octanol–water partition coefficient (Wildman–Crippen LogP) is 0.803. The fourth-order valence-corrected chi connectivity index (χ4v) is 2.50. The van der Waals surface area contributed by atoms with Crippen LogP contribution in [0.3, 0.4) is 0 Å². The van der Waals surface area contributed by atoms with Crippen LogP contribution in [0, 0.1) is 0 Å². The van der Waals surface area contributed by atoms with Gasteiger partial charge in [-0.1, -0.05) is 0 Å². The van der Waals surface area contributed by atoms with Gasteiger partial charge >= 0.3 is 0 Å². The summed E-state index contributed by atoms with van der Waals surface area (Å²) in [5, 5.41) is 0. The Balaban J connectivity index is 1.86. The molecule has 0 bridgehead atoms. The second-order valence-corrected chi connectivity index (χ2v) is 4.92. The fraction of sp³-hybridized carbons (Fsp3) is 0.909. The van der Waals surface area contributed by atoms with Gasteiger partial charge in [0.1, 0.15) is 12.2 Å². The molecule has 0 unspecified atom stereocenters. The van der Waals surface area contributed by atoms with Crippen LogP contribution >= 0.6 is 0 Å². The Morgan fingerprint density at radius 1 is 1.40 bits per heavy atom. The van der Waals surface area contributed by atoms with Gasteiger partial charge in [0.25, 0.3) is 0 Å². The van der Waals surface area contributed by atoms with E-state index in [1.165, 1.54) is 0 Å². The Morgan fingerprint density at radius 3 is 2.33 bits per heavy atom. The minimum absolute atomic E-state index is 0.0173. The highest BCUT2D eigenvalue weighted by Gasteiger charge is 2.63. The molecule has 15 heavy (non-hydrogen) atoms.